The molecule has 18 heavy (non-hydrogen) atoms. The minimum atomic E-state index is -0.145. The molecule has 1 aliphatic rings. The molecule has 2 heteroatoms. The first kappa shape index (κ1) is 13.5. The molecule has 1 aromatic rings. The summed E-state index contributed by atoms with van der Waals surface area (Å²) >= 11 is 0. The van der Waals surface area contributed by atoms with E-state index in [4.69, 9.17) is 0 Å². The van der Waals surface area contributed by atoms with Crippen LogP contribution in [0.4, 0.5) is 4.39 Å². The zero-order chi connectivity index (χ0) is 12.8. The molecule has 1 fully saturated rings. The van der Waals surface area contributed by atoms with Crippen LogP contribution in [0.1, 0.15) is 63.5 Å². The Hall–Kier alpha value is -0.890. The van der Waals surface area contributed by atoms with Crippen molar-refractivity contribution in [2.24, 2.45) is 0 Å². The van der Waals surface area contributed by atoms with Crippen molar-refractivity contribution in [1.82, 2.24) is 5.32 Å². The van der Waals surface area contributed by atoms with Gasteiger partial charge < -0.3 is 5.32 Å². The van der Waals surface area contributed by atoms with Crippen LogP contribution in [0.3, 0.4) is 0 Å². The first-order valence-electron chi connectivity index (χ1n) is 7.31. The van der Waals surface area contributed by atoms with Crippen molar-refractivity contribution in [1.29, 1.82) is 0 Å². The second-order valence-electron chi connectivity index (χ2n) is 5.39. The standard InChI is InChI=1S/C16H24FN/c1-2-3-8-16(18-15-6-4-5-7-15)13-9-11-14(17)12-10-13/h9-12,15-16,18H,2-8H2,1H3. The maximum atomic E-state index is 13.0. The maximum absolute atomic E-state index is 13.0. The van der Waals surface area contributed by atoms with Crippen LogP contribution in [0.5, 0.6) is 0 Å². The summed E-state index contributed by atoms with van der Waals surface area (Å²) in [6, 6.07) is 8.07. The Morgan fingerprint density at radius 3 is 2.50 bits per heavy atom. The van der Waals surface area contributed by atoms with Gasteiger partial charge in [-0.05, 0) is 37.0 Å². The van der Waals surface area contributed by atoms with E-state index in [-0.39, 0.29) is 5.82 Å². The Labute approximate surface area is 110 Å². The third kappa shape index (κ3) is 3.81. The van der Waals surface area contributed by atoms with Gasteiger partial charge in [0, 0.05) is 12.1 Å². The molecule has 0 radical (unpaired) electrons. The molecule has 0 aliphatic heterocycles. The van der Waals surface area contributed by atoms with E-state index in [1.165, 1.54) is 44.1 Å². The second kappa shape index (κ2) is 6.89. The van der Waals surface area contributed by atoms with Crippen LogP contribution in [0, 0.1) is 5.82 Å². The number of benzene rings is 1. The Bertz CT molecular complexity index is 341. The molecule has 0 aromatic heterocycles. The summed E-state index contributed by atoms with van der Waals surface area (Å²) in [5.74, 6) is -0.145. The zero-order valence-electron chi connectivity index (χ0n) is 11.3. The molecule has 0 saturated heterocycles. The molecule has 100 valence electrons. The second-order valence-corrected chi connectivity index (χ2v) is 5.39. The molecular formula is C16H24FN. The van der Waals surface area contributed by atoms with Crippen LogP contribution in [-0.4, -0.2) is 6.04 Å². The van der Waals surface area contributed by atoms with E-state index < -0.39 is 0 Å². The highest BCUT2D eigenvalue weighted by Gasteiger charge is 2.19. The van der Waals surface area contributed by atoms with Crippen LogP contribution in [0.15, 0.2) is 24.3 Å². The number of hydrogen-bond acceptors (Lipinski definition) is 1. The Morgan fingerprint density at radius 1 is 1.22 bits per heavy atom. The van der Waals surface area contributed by atoms with Crippen molar-refractivity contribution in [3.8, 4) is 0 Å². The molecular weight excluding hydrogens is 225 g/mol. The van der Waals surface area contributed by atoms with Crippen molar-refractivity contribution < 1.29 is 4.39 Å². The van der Waals surface area contributed by atoms with Crippen LogP contribution < -0.4 is 5.32 Å². The van der Waals surface area contributed by atoms with Gasteiger partial charge in [0.25, 0.3) is 0 Å². The van der Waals surface area contributed by atoms with Gasteiger partial charge in [0.1, 0.15) is 5.82 Å². The number of hydrogen-bond donors (Lipinski definition) is 1. The van der Waals surface area contributed by atoms with E-state index in [0.717, 1.165) is 6.42 Å². The lowest BCUT2D eigenvalue weighted by Crippen LogP contribution is -2.30. The molecule has 1 atom stereocenters. The van der Waals surface area contributed by atoms with Crippen molar-refractivity contribution in [3.05, 3.63) is 35.6 Å². The SMILES string of the molecule is CCCCC(NC1CCCC1)c1ccc(F)cc1. The summed E-state index contributed by atoms with van der Waals surface area (Å²) in [5, 5.41) is 3.76. The van der Waals surface area contributed by atoms with Gasteiger partial charge in [-0.3, -0.25) is 0 Å². The number of nitrogens with one attached hydrogen (secondary N) is 1. The molecule has 1 saturated carbocycles. The molecule has 1 aliphatic carbocycles. The molecule has 1 nitrogen and oxygen atoms in total. The Balaban J connectivity index is 2.00. The summed E-state index contributed by atoms with van der Waals surface area (Å²) < 4.78 is 13.0. The first-order chi connectivity index (χ1) is 8.79. The predicted octanol–water partition coefficient (Wildman–Crippen LogP) is 4.59. The highest BCUT2D eigenvalue weighted by molar-refractivity contribution is 5.20. The van der Waals surface area contributed by atoms with Crippen molar-refractivity contribution in [3.63, 3.8) is 0 Å². The van der Waals surface area contributed by atoms with Gasteiger partial charge in [-0.2, -0.15) is 0 Å². The zero-order valence-corrected chi connectivity index (χ0v) is 11.3. The number of halogens is 1. The van der Waals surface area contributed by atoms with Crippen LogP contribution in [0.25, 0.3) is 0 Å². The molecule has 0 amide bonds. The molecule has 0 heterocycles. The van der Waals surface area contributed by atoms with E-state index in [1.54, 1.807) is 12.1 Å². The molecule has 1 unspecified atom stereocenters. The van der Waals surface area contributed by atoms with E-state index in [2.05, 4.69) is 12.2 Å². The molecule has 0 spiro atoms. The van der Waals surface area contributed by atoms with E-state index in [9.17, 15) is 4.39 Å². The Morgan fingerprint density at radius 2 is 1.89 bits per heavy atom. The fourth-order valence-corrected chi connectivity index (χ4v) is 2.83. The van der Waals surface area contributed by atoms with Crippen molar-refractivity contribution >= 4 is 0 Å². The lowest BCUT2D eigenvalue weighted by atomic mass is 10.00. The Kier molecular flexibility index (Phi) is 5.18. The highest BCUT2D eigenvalue weighted by atomic mass is 19.1. The topological polar surface area (TPSA) is 12.0 Å². The van der Waals surface area contributed by atoms with Gasteiger partial charge in [0.05, 0.1) is 0 Å². The largest absolute Gasteiger partial charge is 0.307 e. The predicted molar refractivity (Wildman–Crippen MR) is 74.1 cm³/mol. The van der Waals surface area contributed by atoms with Gasteiger partial charge in [-0.1, -0.05) is 44.7 Å². The van der Waals surface area contributed by atoms with Crippen molar-refractivity contribution in [2.75, 3.05) is 0 Å². The summed E-state index contributed by atoms with van der Waals surface area (Å²) in [6.45, 7) is 2.22. The van der Waals surface area contributed by atoms with E-state index in [0.29, 0.717) is 12.1 Å². The van der Waals surface area contributed by atoms with Gasteiger partial charge in [0.15, 0.2) is 0 Å². The lowest BCUT2D eigenvalue weighted by molar-refractivity contribution is 0.410. The van der Waals surface area contributed by atoms with Gasteiger partial charge in [0.2, 0.25) is 0 Å². The van der Waals surface area contributed by atoms with Crippen LogP contribution in [-0.2, 0) is 0 Å². The molecule has 1 N–H and O–H groups in total. The average molecular weight is 249 g/mol. The molecule has 1 aromatic carbocycles. The molecule has 0 bridgehead atoms. The van der Waals surface area contributed by atoms with Gasteiger partial charge >= 0.3 is 0 Å². The maximum Gasteiger partial charge on any atom is 0.123 e. The third-order valence-corrected chi connectivity index (χ3v) is 3.91. The van der Waals surface area contributed by atoms with Crippen LogP contribution >= 0.6 is 0 Å². The summed E-state index contributed by atoms with van der Waals surface area (Å²) in [6.07, 6.45) is 8.88. The van der Waals surface area contributed by atoms with E-state index >= 15 is 0 Å². The fourth-order valence-electron chi connectivity index (χ4n) is 2.83. The summed E-state index contributed by atoms with van der Waals surface area (Å²) in [4.78, 5) is 0. The first-order valence-corrected chi connectivity index (χ1v) is 7.31. The summed E-state index contributed by atoms with van der Waals surface area (Å²) in [5.41, 5.74) is 1.23. The number of unbranched alkanes of at least 4 members (excludes halogenated alkanes) is 1. The normalized spacial score (nSPS) is 18.1. The lowest BCUT2D eigenvalue weighted by Gasteiger charge is -2.23. The highest BCUT2D eigenvalue weighted by Crippen LogP contribution is 2.25. The smallest absolute Gasteiger partial charge is 0.123 e. The third-order valence-electron chi connectivity index (χ3n) is 3.91. The van der Waals surface area contributed by atoms with E-state index in [1.807, 2.05) is 12.1 Å². The van der Waals surface area contributed by atoms with Crippen LogP contribution in [0.2, 0.25) is 0 Å². The number of rotatable bonds is 6. The van der Waals surface area contributed by atoms with Gasteiger partial charge in [-0.25, -0.2) is 4.39 Å². The minimum Gasteiger partial charge on any atom is -0.307 e. The average Bonchev–Trinajstić information content (AvgIpc) is 2.88. The minimum absolute atomic E-state index is 0.145. The summed E-state index contributed by atoms with van der Waals surface area (Å²) in [7, 11) is 0. The van der Waals surface area contributed by atoms with Crippen molar-refractivity contribution in [2.45, 2.75) is 64.0 Å². The quantitative estimate of drug-likeness (QED) is 0.777. The fraction of sp³-hybridized carbons (Fsp3) is 0.625. The monoisotopic (exact) mass is 249 g/mol. The molecule has 2 rings (SSSR count). The van der Waals surface area contributed by atoms with Gasteiger partial charge in [-0.15, -0.1) is 0 Å².